The first-order chi connectivity index (χ1) is 13.5. The lowest BCUT2D eigenvalue weighted by Crippen LogP contribution is -2.47. The van der Waals surface area contributed by atoms with Gasteiger partial charge in [-0.25, -0.2) is 9.59 Å². The average molecular weight is 380 g/mol. The molecular formula is C22H24N2O4. The van der Waals surface area contributed by atoms with Gasteiger partial charge in [0.1, 0.15) is 12.4 Å². The molecule has 0 aromatic heterocycles. The van der Waals surface area contributed by atoms with E-state index in [1.807, 2.05) is 68.4 Å². The van der Waals surface area contributed by atoms with Gasteiger partial charge in [-0.3, -0.25) is 0 Å². The zero-order valence-electron chi connectivity index (χ0n) is 16.2. The van der Waals surface area contributed by atoms with E-state index in [2.05, 4.69) is 10.6 Å². The number of methoxy groups -OCH3 is 1. The van der Waals surface area contributed by atoms with Crippen molar-refractivity contribution in [3.05, 3.63) is 77.0 Å². The van der Waals surface area contributed by atoms with Gasteiger partial charge < -0.3 is 20.1 Å². The number of hydrogen-bond donors (Lipinski definition) is 2. The van der Waals surface area contributed by atoms with E-state index >= 15 is 0 Å². The van der Waals surface area contributed by atoms with Crippen molar-refractivity contribution >= 4 is 12.0 Å². The van der Waals surface area contributed by atoms with Crippen molar-refractivity contribution in [3.8, 4) is 5.75 Å². The molecule has 0 saturated carbocycles. The minimum atomic E-state index is -0.612. The van der Waals surface area contributed by atoms with Crippen molar-refractivity contribution in [2.45, 2.75) is 26.5 Å². The first kappa shape index (κ1) is 19.5. The fourth-order valence-electron chi connectivity index (χ4n) is 3.15. The van der Waals surface area contributed by atoms with Crippen LogP contribution in [-0.4, -0.2) is 19.1 Å². The summed E-state index contributed by atoms with van der Waals surface area (Å²) in [5.41, 5.74) is 2.77. The number of allylic oxidation sites excluding steroid dienone is 1. The molecule has 0 saturated heterocycles. The Morgan fingerprint density at radius 3 is 2.54 bits per heavy atom. The van der Waals surface area contributed by atoms with Gasteiger partial charge >= 0.3 is 12.0 Å². The van der Waals surface area contributed by atoms with Crippen molar-refractivity contribution in [3.63, 3.8) is 0 Å². The maximum atomic E-state index is 12.5. The molecule has 28 heavy (non-hydrogen) atoms. The summed E-state index contributed by atoms with van der Waals surface area (Å²) < 4.78 is 10.9. The molecule has 1 heterocycles. The maximum absolute atomic E-state index is 12.5. The van der Waals surface area contributed by atoms with Crippen molar-refractivity contribution in [1.82, 2.24) is 10.6 Å². The van der Waals surface area contributed by atoms with Gasteiger partial charge in [0, 0.05) is 5.70 Å². The van der Waals surface area contributed by atoms with Gasteiger partial charge in [-0.05, 0) is 29.2 Å². The number of esters is 1. The van der Waals surface area contributed by atoms with Crippen molar-refractivity contribution in [1.29, 1.82) is 0 Å². The van der Waals surface area contributed by atoms with Crippen LogP contribution in [0.2, 0.25) is 0 Å². The molecule has 2 N–H and O–H groups in total. The largest absolute Gasteiger partial charge is 0.489 e. The number of ether oxygens (including phenoxy) is 2. The molecule has 146 valence electrons. The number of nitrogens with one attached hydrogen (secondary N) is 2. The zero-order chi connectivity index (χ0) is 20.1. The molecule has 6 nitrogen and oxygen atoms in total. The predicted molar refractivity (Wildman–Crippen MR) is 106 cm³/mol. The van der Waals surface area contributed by atoms with Crippen LogP contribution in [0, 0.1) is 5.92 Å². The van der Waals surface area contributed by atoms with E-state index in [0.29, 0.717) is 23.6 Å². The van der Waals surface area contributed by atoms with Gasteiger partial charge in [0.25, 0.3) is 0 Å². The summed E-state index contributed by atoms with van der Waals surface area (Å²) in [5, 5.41) is 5.56. The Kier molecular flexibility index (Phi) is 5.99. The third kappa shape index (κ3) is 4.34. The molecule has 0 fully saturated rings. The second-order valence-corrected chi connectivity index (χ2v) is 6.85. The molecule has 0 bridgehead atoms. The Hall–Kier alpha value is -3.28. The van der Waals surface area contributed by atoms with Gasteiger partial charge in [-0.2, -0.15) is 0 Å². The van der Waals surface area contributed by atoms with Crippen LogP contribution in [0.25, 0.3) is 0 Å². The summed E-state index contributed by atoms with van der Waals surface area (Å²) in [6, 6.07) is 16.3. The Morgan fingerprint density at radius 2 is 1.86 bits per heavy atom. The number of rotatable bonds is 6. The van der Waals surface area contributed by atoms with E-state index in [-0.39, 0.29) is 11.9 Å². The molecule has 6 heteroatoms. The Labute approximate surface area is 164 Å². The number of carbonyl (C=O) groups is 2. The normalized spacial score (nSPS) is 16.4. The van der Waals surface area contributed by atoms with Crippen LogP contribution in [0.5, 0.6) is 5.75 Å². The number of carbonyl (C=O) groups excluding carboxylic acids is 2. The number of urea groups is 1. The molecule has 2 amide bonds. The zero-order valence-corrected chi connectivity index (χ0v) is 16.2. The Bertz CT molecular complexity index is 890. The molecule has 1 aliphatic rings. The smallest absolute Gasteiger partial charge is 0.337 e. The summed E-state index contributed by atoms with van der Waals surface area (Å²) in [4.78, 5) is 24.6. The van der Waals surface area contributed by atoms with E-state index in [9.17, 15) is 9.59 Å². The number of hydrogen-bond acceptors (Lipinski definition) is 4. The lowest BCUT2D eigenvalue weighted by atomic mass is 9.91. The quantitative estimate of drug-likeness (QED) is 0.749. The molecule has 0 aliphatic carbocycles. The fourth-order valence-corrected chi connectivity index (χ4v) is 3.15. The van der Waals surface area contributed by atoms with Crippen LogP contribution in [0.15, 0.2) is 65.9 Å². The molecule has 2 aromatic rings. The van der Waals surface area contributed by atoms with E-state index in [4.69, 9.17) is 9.47 Å². The first-order valence-electron chi connectivity index (χ1n) is 9.16. The van der Waals surface area contributed by atoms with Gasteiger partial charge in [-0.15, -0.1) is 0 Å². The molecule has 2 aromatic carbocycles. The predicted octanol–water partition coefficient (Wildman–Crippen LogP) is 3.70. The minimum Gasteiger partial charge on any atom is -0.489 e. The van der Waals surface area contributed by atoms with Gasteiger partial charge in [0.15, 0.2) is 0 Å². The molecular weight excluding hydrogens is 356 g/mol. The SMILES string of the molecule is COC(=O)C1=C(C(C)C)NC(=O)NC1c1cccc(OCc2ccccc2)c1. The summed E-state index contributed by atoms with van der Waals surface area (Å²) in [5.74, 6) is 0.140. The molecule has 1 atom stereocenters. The van der Waals surface area contributed by atoms with Crippen LogP contribution < -0.4 is 15.4 Å². The van der Waals surface area contributed by atoms with E-state index < -0.39 is 12.0 Å². The highest BCUT2D eigenvalue weighted by molar-refractivity contribution is 5.95. The van der Waals surface area contributed by atoms with Crippen molar-refractivity contribution in [2.75, 3.05) is 7.11 Å². The lowest BCUT2D eigenvalue weighted by molar-refractivity contribution is -0.136. The average Bonchev–Trinajstić information content (AvgIpc) is 2.72. The van der Waals surface area contributed by atoms with Gasteiger partial charge in [-0.1, -0.05) is 56.3 Å². The first-order valence-corrected chi connectivity index (χ1v) is 9.16. The summed E-state index contributed by atoms with van der Waals surface area (Å²) in [7, 11) is 1.33. The highest BCUT2D eigenvalue weighted by Crippen LogP contribution is 2.32. The molecule has 1 aliphatic heterocycles. The Morgan fingerprint density at radius 1 is 1.11 bits per heavy atom. The monoisotopic (exact) mass is 380 g/mol. The van der Waals surface area contributed by atoms with Crippen LogP contribution >= 0.6 is 0 Å². The summed E-state index contributed by atoms with van der Waals surface area (Å²) in [6.07, 6.45) is 0. The van der Waals surface area contributed by atoms with E-state index in [1.165, 1.54) is 7.11 Å². The maximum Gasteiger partial charge on any atom is 0.337 e. The highest BCUT2D eigenvalue weighted by atomic mass is 16.5. The van der Waals surface area contributed by atoms with Crippen LogP contribution in [0.1, 0.15) is 31.0 Å². The van der Waals surface area contributed by atoms with Crippen molar-refractivity contribution in [2.24, 2.45) is 5.92 Å². The standard InChI is InChI=1S/C22H24N2O4/c1-14(2)19-18(21(25)27-3)20(24-22(26)23-19)16-10-7-11-17(12-16)28-13-15-8-5-4-6-9-15/h4-12,14,20H,13H2,1-3H3,(H2,23,24,26). The third-order valence-corrected chi connectivity index (χ3v) is 4.52. The second-order valence-electron chi connectivity index (χ2n) is 6.85. The van der Waals surface area contributed by atoms with Gasteiger partial charge in [0.05, 0.1) is 18.7 Å². The van der Waals surface area contributed by atoms with Crippen molar-refractivity contribution < 1.29 is 19.1 Å². The molecule has 0 spiro atoms. The van der Waals surface area contributed by atoms with E-state index in [0.717, 1.165) is 11.1 Å². The molecule has 1 unspecified atom stereocenters. The second kappa shape index (κ2) is 8.61. The van der Waals surface area contributed by atoms with Gasteiger partial charge in [0.2, 0.25) is 0 Å². The fraction of sp³-hybridized carbons (Fsp3) is 0.273. The Balaban J connectivity index is 1.91. The number of amides is 2. The van der Waals surface area contributed by atoms with Crippen LogP contribution in [0.3, 0.4) is 0 Å². The minimum absolute atomic E-state index is 0.0415. The highest BCUT2D eigenvalue weighted by Gasteiger charge is 2.34. The van der Waals surface area contributed by atoms with E-state index in [1.54, 1.807) is 0 Å². The van der Waals surface area contributed by atoms with Crippen LogP contribution in [0.4, 0.5) is 4.79 Å². The van der Waals surface area contributed by atoms with Crippen LogP contribution in [-0.2, 0) is 16.1 Å². The topological polar surface area (TPSA) is 76.7 Å². The third-order valence-electron chi connectivity index (χ3n) is 4.52. The molecule has 3 rings (SSSR count). The summed E-state index contributed by atoms with van der Waals surface area (Å²) >= 11 is 0. The summed E-state index contributed by atoms with van der Waals surface area (Å²) in [6.45, 7) is 4.26. The molecule has 0 radical (unpaired) electrons. The lowest BCUT2D eigenvalue weighted by Gasteiger charge is -2.30. The number of benzene rings is 2.